The van der Waals surface area contributed by atoms with Gasteiger partial charge in [0.05, 0.1) is 17.2 Å². The molecule has 29 heavy (non-hydrogen) atoms. The maximum atomic E-state index is 12.7. The summed E-state index contributed by atoms with van der Waals surface area (Å²) >= 11 is 0. The molecule has 2 aromatic rings. The second kappa shape index (κ2) is 9.01. The highest BCUT2D eigenvalue weighted by atomic mass is 16.5. The van der Waals surface area contributed by atoms with E-state index in [9.17, 15) is 14.4 Å². The van der Waals surface area contributed by atoms with E-state index >= 15 is 0 Å². The molecule has 1 aliphatic rings. The number of hydrogen-bond donors (Lipinski definition) is 1. The van der Waals surface area contributed by atoms with E-state index in [4.69, 9.17) is 4.74 Å². The Balaban J connectivity index is 1.72. The van der Waals surface area contributed by atoms with Crippen molar-refractivity contribution in [2.45, 2.75) is 32.7 Å². The number of benzene rings is 2. The molecule has 1 heterocycles. The second-order valence-corrected chi connectivity index (χ2v) is 7.16. The van der Waals surface area contributed by atoms with Gasteiger partial charge in [-0.3, -0.25) is 19.3 Å². The van der Waals surface area contributed by atoms with Crippen LogP contribution in [0.3, 0.4) is 0 Å². The summed E-state index contributed by atoms with van der Waals surface area (Å²) in [6.45, 7) is 4.78. The van der Waals surface area contributed by atoms with E-state index in [1.807, 2.05) is 19.1 Å². The largest absolute Gasteiger partial charge is 0.385 e. The molecule has 1 atom stereocenters. The summed E-state index contributed by atoms with van der Waals surface area (Å²) in [4.78, 5) is 39.0. The molecule has 1 aliphatic heterocycles. The first-order valence-electron chi connectivity index (χ1n) is 9.85. The lowest BCUT2D eigenvalue weighted by molar-refractivity contribution is 0.0638. The van der Waals surface area contributed by atoms with Gasteiger partial charge in [0.25, 0.3) is 17.7 Å². The number of rotatable bonds is 8. The van der Waals surface area contributed by atoms with Crippen molar-refractivity contribution in [2.75, 3.05) is 20.3 Å². The van der Waals surface area contributed by atoms with Crippen LogP contribution in [-0.4, -0.2) is 42.9 Å². The third kappa shape index (κ3) is 4.38. The molecule has 6 nitrogen and oxygen atoms in total. The number of aryl methyl sites for hydroxylation is 1. The Morgan fingerprint density at radius 3 is 2.41 bits per heavy atom. The molecule has 6 heteroatoms. The molecule has 1 unspecified atom stereocenters. The third-order valence-electron chi connectivity index (χ3n) is 5.20. The van der Waals surface area contributed by atoms with Crippen LogP contribution < -0.4 is 5.32 Å². The molecule has 152 valence electrons. The van der Waals surface area contributed by atoms with Gasteiger partial charge in [-0.25, -0.2) is 0 Å². The molecule has 3 rings (SSSR count). The fourth-order valence-corrected chi connectivity index (χ4v) is 3.41. The van der Waals surface area contributed by atoms with Crippen molar-refractivity contribution in [3.63, 3.8) is 0 Å². The van der Waals surface area contributed by atoms with Crippen molar-refractivity contribution in [1.29, 1.82) is 0 Å². The standard InChI is InChI=1S/C23H26N2O4/c1-4-16-6-8-17(9-7-16)15(2)24-21(26)18-10-11-19-20(14-18)23(28)25(22(19)27)12-5-13-29-3/h6-11,14-15H,4-5,12-13H2,1-3H3,(H,24,26). The average Bonchev–Trinajstić information content (AvgIpc) is 2.98. The molecular weight excluding hydrogens is 368 g/mol. The fourth-order valence-electron chi connectivity index (χ4n) is 3.41. The Morgan fingerprint density at radius 2 is 1.76 bits per heavy atom. The van der Waals surface area contributed by atoms with E-state index in [-0.39, 0.29) is 29.3 Å². The Labute approximate surface area is 170 Å². The number of ether oxygens (including phenoxy) is 1. The molecule has 0 fully saturated rings. The highest BCUT2D eigenvalue weighted by Crippen LogP contribution is 2.24. The lowest BCUT2D eigenvalue weighted by Crippen LogP contribution is -2.31. The molecule has 3 amide bonds. The van der Waals surface area contributed by atoms with Gasteiger partial charge in [-0.1, -0.05) is 31.2 Å². The van der Waals surface area contributed by atoms with Crippen molar-refractivity contribution in [3.8, 4) is 0 Å². The molecule has 1 N–H and O–H groups in total. The maximum absolute atomic E-state index is 12.7. The van der Waals surface area contributed by atoms with Gasteiger partial charge in [-0.2, -0.15) is 0 Å². The first-order valence-corrected chi connectivity index (χ1v) is 9.85. The SMILES string of the molecule is CCc1ccc(C(C)NC(=O)c2ccc3c(c2)C(=O)N(CCCOC)C3=O)cc1. The molecule has 0 radical (unpaired) electrons. The van der Waals surface area contributed by atoms with Crippen LogP contribution in [0.4, 0.5) is 0 Å². The fraction of sp³-hybridized carbons (Fsp3) is 0.348. The number of methoxy groups -OCH3 is 1. The van der Waals surface area contributed by atoms with Gasteiger partial charge in [0.2, 0.25) is 0 Å². The van der Waals surface area contributed by atoms with E-state index < -0.39 is 0 Å². The summed E-state index contributed by atoms with van der Waals surface area (Å²) in [6, 6.07) is 12.6. The van der Waals surface area contributed by atoms with Crippen LogP contribution in [-0.2, 0) is 11.2 Å². The van der Waals surface area contributed by atoms with Crippen LogP contribution in [0, 0.1) is 0 Å². The topological polar surface area (TPSA) is 75.7 Å². The second-order valence-electron chi connectivity index (χ2n) is 7.16. The van der Waals surface area contributed by atoms with Crippen LogP contribution in [0.1, 0.15) is 68.5 Å². The predicted molar refractivity (Wildman–Crippen MR) is 110 cm³/mol. The highest BCUT2D eigenvalue weighted by Gasteiger charge is 2.35. The number of carbonyl (C=O) groups is 3. The van der Waals surface area contributed by atoms with Crippen LogP contribution in [0.5, 0.6) is 0 Å². The zero-order chi connectivity index (χ0) is 21.0. The number of nitrogens with zero attached hydrogens (tertiary/aromatic N) is 1. The minimum absolute atomic E-state index is 0.176. The Bertz CT molecular complexity index is 921. The summed E-state index contributed by atoms with van der Waals surface area (Å²) in [5.41, 5.74) is 3.23. The number of hydrogen-bond acceptors (Lipinski definition) is 4. The Morgan fingerprint density at radius 1 is 1.07 bits per heavy atom. The van der Waals surface area contributed by atoms with Gasteiger partial charge < -0.3 is 10.1 Å². The number of nitrogens with one attached hydrogen (secondary N) is 1. The van der Waals surface area contributed by atoms with Gasteiger partial charge in [0.15, 0.2) is 0 Å². The lowest BCUT2D eigenvalue weighted by Gasteiger charge is -2.15. The van der Waals surface area contributed by atoms with Crippen molar-refractivity contribution in [2.24, 2.45) is 0 Å². The highest BCUT2D eigenvalue weighted by molar-refractivity contribution is 6.22. The van der Waals surface area contributed by atoms with Crippen LogP contribution in [0.25, 0.3) is 0 Å². The number of amides is 3. The van der Waals surface area contributed by atoms with Crippen LogP contribution in [0.2, 0.25) is 0 Å². The molecular formula is C23H26N2O4. The van der Waals surface area contributed by atoms with Crippen molar-refractivity contribution in [3.05, 3.63) is 70.3 Å². The zero-order valence-electron chi connectivity index (χ0n) is 17.0. The first-order chi connectivity index (χ1) is 14.0. The van der Waals surface area contributed by atoms with Crippen molar-refractivity contribution in [1.82, 2.24) is 10.2 Å². The van der Waals surface area contributed by atoms with Crippen molar-refractivity contribution >= 4 is 17.7 Å². The molecule has 0 aromatic heterocycles. The smallest absolute Gasteiger partial charge is 0.261 e. The molecule has 0 saturated carbocycles. The van der Waals surface area contributed by atoms with Gasteiger partial charge in [0.1, 0.15) is 0 Å². The summed E-state index contributed by atoms with van der Waals surface area (Å²) in [5, 5.41) is 2.95. The molecule has 0 spiro atoms. The maximum Gasteiger partial charge on any atom is 0.261 e. The molecule has 2 aromatic carbocycles. The quantitative estimate of drug-likeness (QED) is 0.550. The van der Waals surface area contributed by atoms with Crippen molar-refractivity contribution < 1.29 is 19.1 Å². The summed E-state index contributed by atoms with van der Waals surface area (Å²) in [7, 11) is 1.58. The number of fused-ring (bicyclic) bond motifs is 1. The first kappa shape index (κ1) is 20.7. The van der Waals surface area contributed by atoms with Gasteiger partial charge in [-0.15, -0.1) is 0 Å². The Kier molecular flexibility index (Phi) is 6.44. The van der Waals surface area contributed by atoms with E-state index in [1.54, 1.807) is 19.2 Å². The Hall–Kier alpha value is -2.99. The zero-order valence-corrected chi connectivity index (χ0v) is 17.0. The van der Waals surface area contributed by atoms with E-state index in [1.165, 1.54) is 16.5 Å². The van der Waals surface area contributed by atoms with Gasteiger partial charge >= 0.3 is 0 Å². The van der Waals surface area contributed by atoms with Crippen LogP contribution >= 0.6 is 0 Å². The summed E-state index contributed by atoms with van der Waals surface area (Å²) in [5.74, 6) is -0.964. The van der Waals surface area contributed by atoms with E-state index in [0.717, 1.165) is 12.0 Å². The molecule has 0 bridgehead atoms. The molecule has 0 aliphatic carbocycles. The molecule has 0 saturated heterocycles. The normalized spacial score (nSPS) is 14.1. The van der Waals surface area contributed by atoms with E-state index in [0.29, 0.717) is 30.7 Å². The van der Waals surface area contributed by atoms with Crippen LogP contribution in [0.15, 0.2) is 42.5 Å². The monoisotopic (exact) mass is 394 g/mol. The third-order valence-corrected chi connectivity index (χ3v) is 5.20. The van der Waals surface area contributed by atoms with Gasteiger partial charge in [0, 0.05) is 25.8 Å². The number of imide groups is 1. The van der Waals surface area contributed by atoms with E-state index in [2.05, 4.69) is 24.4 Å². The van der Waals surface area contributed by atoms with Gasteiger partial charge in [-0.05, 0) is 49.1 Å². The summed E-state index contributed by atoms with van der Waals surface area (Å²) in [6.07, 6.45) is 1.54. The summed E-state index contributed by atoms with van der Waals surface area (Å²) < 4.78 is 4.98. The predicted octanol–water partition coefficient (Wildman–Crippen LogP) is 3.37. The average molecular weight is 394 g/mol. The number of carbonyl (C=O) groups excluding carboxylic acids is 3. The minimum atomic E-state index is -0.362. The minimum Gasteiger partial charge on any atom is -0.385 e. The lowest BCUT2D eigenvalue weighted by atomic mass is 10.0.